The molecule has 1 aliphatic heterocycles. The number of quaternary nitrogens is 1. The maximum atomic E-state index is 11.4. The van der Waals surface area contributed by atoms with Crippen LogP contribution in [0.15, 0.2) is 0 Å². The smallest absolute Gasteiger partial charge is 0.0856 e. The van der Waals surface area contributed by atoms with E-state index < -0.39 is 0 Å². The predicted octanol–water partition coefficient (Wildman–Crippen LogP) is 1.50. The Bertz CT molecular complexity index is 101. The number of rotatable bonds is 0. The quantitative estimate of drug-likeness (QED) is 0.359. The van der Waals surface area contributed by atoms with Crippen LogP contribution in [0.3, 0.4) is 0 Å². The summed E-state index contributed by atoms with van der Waals surface area (Å²) in [7, 11) is 1.78. The van der Waals surface area contributed by atoms with Crippen molar-refractivity contribution in [3.8, 4) is 0 Å². The number of piperidine rings is 1. The van der Waals surface area contributed by atoms with Gasteiger partial charge in [0.2, 0.25) is 0 Å². The summed E-state index contributed by atoms with van der Waals surface area (Å²) >= 11 is 0. The molecule has 1 aliphatic rings. The minimum absolute atomic E-state index is 0.0139. The number of hydroxylamine groups is 3. The van der Waals surface area contributed by atoms with Crippen LogP contribution >= 0.6 is 0 Å². The van der Waals surface area contributed by atoms with Gasteiger partial charge in [0.05, 0.1) is 19.6 Å². The van der Waals surface area contributed by atoms with E-state index in [0.29, 0.717) is 6.04 Å². The predicted molar refractivity (Wildman–Crippen MR) is 37.7 cm³/mol. The molecule has 0 N–H and O–H groups in total. The Labute approximate surface area is 56.6 Å². The minimum atomic E-state index is -0.0139. The molecular formula is C7H15NO. The second kappa shape index (κ2) is 2.27. The van der Waals surface area contributed by atoms with Gasteiger partial charge in [-0.1, -0.05) is 0 Å². The maximum Gasteiger partial charge on any atom is 0.0856 e. The number of hydrogen-bond acceptors (Lipinski definition) is 1. The van der Waals surface area contributed by atoms with Crippen LogP contribution in [0.1, 0.15) is 26.2 Å². The molecule has 0 bridgehead atoms. The van der Waals surface area contributed by atoms with Gasteiger partial charge in [-0.15, -0.1) is 0 Å². The summed E-state index contributed by atoms with van der Waals surface area (Å²) in [5.74, 6) is 0. The molecule has 0 spiro atoms. The molecule has 2 heteroatoms. The van der Waals surface area contributed by atoms with E-state index >= 15 is 0 Å². The van der Waals surface area contributed by atoms with E-state index in [9.17, 15) is 5.21 Å². The molecule has 0 aromatic rings. The molecule has 1 rings (SSSR count). The second-order valence-electron chi connectivity index (χ2n) is 3.24. The fourth-order valence-electron chi connectivity index (χ4n) is 1.36. The van der Waals surface area contributed by atoms with Gasteiger partial charge in [0.25, 0.3) is 0 Å². The summed E-state index contributed by atoms with van der Waals surface area (Å²) < 4.78 is -0.0139. The van der Waals surface area contributed by atoms with E-state index in [1.54, 1.807) is 7.05 Å². The van der Waals surface area contributed by atoms with E-state index in [2.05, 4.69) is 0 Å². The Hall–Kier alpha value is -0.0800. The average molecular weight is 129 g/mol. The Balaban J connectivity index is 2.49. The van der Waals surface area contributed by atoms with Gasteiger partial charge in [0, 0.05) is 0 Å². The van der Waals surface area contributed by atoms with Crippen LogP contribution in [-0.4, -0.2) is 24.3 Å². The molecule has 0 radical (unpaired) electrons. The van der Waals surface area contributed by atoms with Gasteiger partial charge in [-0.3, -0.25) is 0 Å². The lowest BCUT2D eigenvalue weighted by molar-refractivity contribution is -0.889. The summed E-state index contributed by atoms with van der Waals surface area (Å²) in [5.41, 5.74) is 0. The van der Waals surface area contributed by atoms with Crippen LogP contribution in [0.25, 0.3) is 0 Å². The number of nitrogens with zero attached hydrogens (tertiary/aromatic N) is 1. The first kappa shape index (κ1) is 7.03. The van der Waals surface area contributed by atoms with Crippen LogP contribution in [-0.2, 0) is 0 Å². The Morgan fingerprint density at radius 2 is 2.11 bits per heavy atom. The standard InChI is InChI=1S/C7H15NO/c1-7-5-3-4-6-8(7,2)9/h7H,3-6H2,1-2H3. The zero-order chi connectivity index (χ0) is 6.91. The normalized spacial score (nSPS) is 45.0. The largest absolute Gasteiger partial charge is 0.633 e. The molecule has 1 heterocycles. The van der Waals surface area contributed by atoms with Crippen molar-refractivity contribution in [3.63, 3.8) is 0 Å². The van der Waals surface area contributed by atoms with Crippen LogP contribution in [0.2, 0.25) is 0 Å². The number of hydrogen-bond donors (Lipinski definition) is 0. The van der Waals surface area contributed by atoms with Crippen molar-refractivity contribution in [1.82, 2.24) is 0 Å². The fourth-order valence-corrected chi connectivity index (χ4v) is 1.36. The van der Waals surface area contributed by atoms with Gasteiger partial charge in [-0.05, 0) is 26.2 Å². The third-order valence-corrected chi connectivity index (χ3v) is 2.41. The molecule has 2 atom stereocenters. The van der Waals surface area contributed by atoms with Gasteiger partial charge in [0.15, 0.2) is 0 Å². The summed E-state index contributed by atoms with van der Waals surface area (Å²) in [6.07, 6.45) is 3.47. The highest BCUT2D eigenvalue weighted by molar-refractivity contribution is 4.59. The third-order valence-electron chi connectivity index (χ3n) is 2.41. The van der Waals surface area contributed by atoms with Crippen LogP contribution in [0.5, 0.6) is 0 Å². The lowest BCUT2D eigenvalue weighted by atomic mass is 10.0. The molecule has 2 nitrogen and oxygen atoms in total. The highest BCUT2D eigenvalue weighted by Gasteiger charge is 2.23. The maximum absolute atomic E-state index is 11.4. The van der Waals surface area contributed by atoms with Crippen molar-refractivity contribution in [3.05, 3.63) is 5.21 Å². The van der Waals surface area contributed by atoms with Gasteiger partial charge < -0.3 is 9.85 Å². The lowest BCUT2D eigenvalue weighted by Crippen LogP contribution is -2.48. The van der Waals surface area contributed by atoms with Crippen molar-refractivity contribution in [1.29, 1.82) is 0 Å². The van der Waals surface area contributed by atoms with Crippen LogP contribution in [0.4, 0.5) is 0 Å². The van der Waals surface area contributed by atoms with E-state index in [1.165, 1.54) is 6.42 Å². The van der Waals surface area contributed by atoms with Crippen molar-refractivity contribution in [2.24, 2.45) is 0 Å². The van der Waals surface area contributed by atoms with Gasteiger partial charge >= 0.3 is 0 Å². The Morgan fingerprint density at radius 3 is 2.44 bits per heavy atom. The van der Waals surface area contributed by atoms with Crippen LogP contribution in [0, 0.1) is 5.21 Å². The molecule has 2 unspecified atom stereocenters. The lowest BCUT2D eigenvalue weighted by Gasteiger charge is -2.47. The monoisotopic (exact) mass is 129 g/mol. The van der Waals surface area contributed by atoms with Crippen molar-refractivity contribution >= 4 is 0 Å². The molecule has 54 valence electrons. The third kappa shape index (κ3) is 1.43. The Kier molecular flexibility index (Phi) is 1.78. The molecule has 0 aromatic heterocycles. The molecule has 1 saturated heterocycles. The van der Waals surface area contributed by atoms with Crippen molar-refractivity contribution in [2.45, 2.75) is 32.2 Å². The van der Waals surface area contributed by atoms with Gasteiger partial charge in [0.1, 0.15) is 0 Å². The van der Waals surface area contributed by atoms with E-state index in [0.717, 1.165) is 19.4 Å². The fraction of sp³-hybridized carbons (Fsp3) is 1.00. The first-order valence-electron chi connectivity index (χ1n) is 3.69. The van der Waals surface area contributed by atoms with Crippen molar-refractivity contribution < 1.29 is 4.65 Å². The molecule has 0 aromatic carbocycles. The zero-order valence-corrected chi connectivity index (χ0v) is 6.26. The van der Waals surface area contributed by atoms with Crippen LogP contribution < -0.4 is 0 Å². The minimum Gasteiger partial charge on any atom is -0.633 e. The summed E-state index contributed by atoms with van der Waals surface area (Å²) in [5, 5.41) is 11.4. The second-order valence-corrected chi connectivity index (χ2v) is 3.24. The zero-order valence-electron chi connectivity index (χ0n) is 6.26. The SMILES string of the molecule is CC1CCCC[N+]1(C)[O-]. The topological polar surface area (TPSA) is 23.1 Å². The van der Waals surface area contributed by atoms with Crippen molar-refractivity contribution in [2.75, 3.05) is 13.6 Å². The van der Waals surface area contributed by atoms with Gasteiger partial charge in [-0.25, -0.2) is 0 Å². The highest BCUT2D eigenvalue weighted by atomic mass is 16.5. The molecule has 0 amide bonds. The molecule has 9 heavy (non-hydrogen) atoms. The van der Waals surface area contributed by atoms with Gasteiger partial charge in [-0.2, -0.15) is 0 Å². The van der Waals surface area contributed by atoms with E-state index in [-0.39, 0.29) is 4.65 Å². The summed E-state index contributed by atoms with van der Waals surface area (Å²) in [4.78, 5) is 0. The highest BCUT2D eigenvalue weighted by Crippen LogP contribution is 2.21. The summed E-state index contributed by atoms with van der Waals surface area (Å²) in [6, 6.07) is 0.332. The molecular weight excluding hydrogens is 114 g/mol. The first-order chi connectivity index (χ1) is 4.13. The molecule has 0 aliphatic carbocycles. The Morgan fingerprint density at radius 1 is 1.44 bits per heavy atom. The molecule has 1 fully saturated rings. The van der Waals surface area contributed by atoms with E-state index in [1.807, 2.05) is 6.92 Å². The van der Waals surface area contributed by atoms with E-state index in [4.69, 9.17) is 0 Å². The molecule has 0 saturated carbocycles. The average Bonchev–Trinajstić information content (AvgIpc) is 1.77. The first-order valence-corrected chi connectivity index (χ1v) is 3.69. The number of likely N-dealkylation sites (tertiary alicyclic amines) is 1. The summed E-state index contributed by atoms with van der Waals surface area (Å²) in [6.45, 7) is 2.87.